The number of esters is 1. The highest BCUT2D eigenvalue weighted by molar-refractivity contribution is 5.75. The minimum Gasteiger partial charge on any atom is -0.463 e. The number of unbranched alkanes of at least 4 members (excludes halogenated alkanes) is 5. The van der Waals surface area contributed by atoms with Crippen molar-refractivity contribution in [2.45, 2.75) is 105 Å². The van der Waals surface area contributed by atoms with E-state index in [2.05, 4.69) is 6.92 Å². The molecule has 0 aliphatic carbocycles. The minimum atomic E-state index is -0.349. The second-order valence-electron chi connectivity index (χ2n) is 7.17. The number of carbonyl (C=O) groups is 1. The van der Waals surface area contributed by atoms with E-state index in [0.717, 1.165) is 25.7 Å². The first-order valence-corrected chi connectivity index (χ1v) is 8.76. The van der Waals surface area contributed by atoms with E-state index in [4.69, 9.17) is 10.5 Å². The number of nitrogens with two attached hydrogens (primary N) is 1. The quantitative estimate of drug-likeness (QED) is 0.415. The van der Waals surface area contributed by atoms with Gasteiger partial charge < -0.3 is 10.5 Å². The van der Waals surface area contributed by atoms with E-state index < -0.39 is 0 Å². The van der Waals surface area contributed by atoms with Gasteiger partial charge in [0.25, 0.3) is 0 Å². The fourth-order valence-corrected chi connectivity index (χ4v) is 2.36. The van der Waals surface area contributed by atoms with Crippen molar-refractivity contribution in [1.82, 2.24) is 0 Å². The summed E-state index contributed by atoms with van der Waals surface area (Å²) >= 11 is 0. The Kier molecular flexibility index (Phi) is 10.8. The molecule has 0 spiro atoms. The molecule has 2 N–H and O–H groups in total. The van der Waals surface area contributed by atoms with Gasteiger partial charge in [-0.15, -0.1) is 0 Å². The number of carbonyl (C=O) groups excluding carboxylic acids is 1. The maximum absolute atomic E-state index is 11.9. The normalized spacial score (nSPS) is 13.5. The highest BCUT2D eigenvalue weighted by Crippen LogP contribution is 2.26. The predicted octanol–water partition coefficient (Wildman–Crippen LogP) is 4.82. The average molecular weight is 299 g/mol. The van der Waals surface area contributed by atoms with Gasteiger partial charge in [-0.1, -0.05) is 45.4 Å². The molecule has 0 saturated carbocycles. The molecular formula is C18H37NO2. The van der Waals surface area contributed by atoms with E-state index in [0.29, 0.717) is 6.04 Å². The second-order valence-corrected chi connectivity index (χ2v) is 7.17. The lowest BCUT2D eigenvalue weighted by atomic mass is 9.87. The minimum absolute atomic E-state index is 0.0220. The average Bonchev–Trinajstić information content (AvgIpc) is 2.40. The van der Waals surface area contributed by atoms with Gasteiger partial charge in [0.1, 0.15) is 0 Å². The summed E-state index contributed by atoms with van der Waals surface area (Å²) in [6.45, 7) is 9.93. The van der Waals surface area contributed by atoms with Crippen LogP contribution in [-0.2, 0) is 9.53 Å². The third kappa shape index (κ3) is 10.8. The van der Waals surface area contributed by atoms with Crippen LogP contribution in [0.15, 0.2) is 0 Å². The van der Waals surface area contributed by atoms with Gasteiger partial charge in [0.2, 0.25) is 0 Å². The maximum atomic E-state index is 11.9. The summed E-state index contributed by atoms with van der Waals surface area (Å²) in [6.07, 6.45) is 10.5. The summed E-state index contributed by atoms with van der Waals surface area (Å²) in [5, 5.41) is 0. The van der Waals surface area contributed by atoms with Crippen molar-refractivity contribution >= 4 is 5.97 Å². The molecule has 0 aromatic rings. The number of hydrogen-bond donors (Lipinski definition) is 1. The zero-order valence-corrected chi connectivity index (χ0v) is 14.9. The lowest BCUT2D eigenvalue weighted by Crippen LogP contribution is -2.28. The third-order valence-corrected chi connectivity index (χ3v) is 4.05. The number of ether oxygens (including phenoxy) is 1. The van der Waals surface area contributed by atoms with Crippen LogP contribution in [0.3, 0.4) is 0 Å². The van der Waals surface area contributed by atoms with E-state index in [1.165, 1.54) is 32.1 Å². The van der Waals surface area contributed by atoms with Crippen LogP contribution in [0.5, 0.6) is 0 Å². The van der Waals surface area contributed by atoms with Crippen molar-refractivity contribution in [1.29, 1.82) is 0 Å². The number of hydrogen-bond acceptors (Lipinski definition) is 3. The summed E-state index contributed by atoms with van der Waals surface area (Å²) in [5.74, 6) is -0.0638. The standard InChI is InChI=1S/C18H37NO2/c1-6-16(19)13-11-9-7-8-10-12-14-18(4,5)17(20)21-15(2)3/h15-16H,6-14,19H2,1-5H3. The summed E-state index contributed by atoms with van der Waals surface area (Å²) in [7, 11) is 0. The monoisotopic (exact) mass is 299 g/mol. The molecule has 0 saturated heterocycles. The van der Waals surface area contributed by atoms with Gasteiger partial charge in [-0.2, -0.15) is 0 Å². The molecule has 0 aromatic heterocycles. The van der Waals surface area contributed by atoms with Crippen LogP contribution in [0.2, 0.25) is 0 Å². The van der Waals surface area contributed by atoms with Crippen LogP contribution in [0, 0.1) is 5.41 Å². The molecule has 0 aromatic carbocycles. The molecule has 3 nitrogen and oxygen atoms in total. The first kappa shape index (κ1) is 20.4. The Labute approximate surface area is 132 Å². The summed E-state index contributed by atoms with van der Waals surface area (Å²) in [6, 6.07) is 0.387. The fraction of sp³-hybridized carbons (Fsp3) is 0.944. The van der Waals surface area contributed by atoms with E-state index in [-0.39, 0.29) is 17.5 Å². The van der Waals surface area contributed by atoms with Gasteiger partial charge in [-0.25, -0.2) is 0 Å². The van der Waals surface area contributed by atoms with Gasteiger partial charge >= 0.3 is 5.97 Å². The zero-order chi connectivity index (χ0) is 16.3. The van der Waals surface area contributed by atoms with Crippen LogP contribution in [0.1, 0.15) is 92.4 Å². The lowest BCUT2D eigenvalue weighted by Gasteiger charge is -2.23. The molecule has 0 amide bonds. The lowest BCUT2D eigenvalue weighted by molar-refractivity contribution is -0.158. The van der Waals surface area contributed by atoms with Crippen molar-refractivity contribution < 1.29 is 9.53 Å². The Morgan fingerprint density at radius 3 is 2.10 bits per heavy atom. The van der Waals surface area contributed by atoms with Crippen LogP contribution in [0.25, 0.3) is 0 Å². The maximum Gasteiger partial charge on any atom is 0.311 e. The topological polar surface area (TPSA) is 52.3 Å². The molecule has 0 bridgehead atoms. The molecule has 0 aliphatic rings. The second kappa shape index (κ2) is 11.1. The molecule has 0 rings (SSSR count). The van der Waals surface area contributed by atoms with Crippen molar-refractivity contribution in [2.75, 3.05) is 0 Å². The van der Waals surface area contributed by atoms with Crippen molar-refractivity contribution in [3.8, 4) is 0 Å². The van der Waals surface area contributed by atoms with Gasteiger partial charge in [-0.3, -0.25) is 4.79 Å². The van der Waals surface area contributed by atoms with Crippen molar-refractivity contribution in [3.63, 3.8) is 0 Å². The molecule has 0 fully saturated rings. The molecule has 21 heavy (non-hydrogen) atoms. The summed E-state index contributed by atoms with van der Waals surface area (Å²) in [5.41, 5.74) is 5.55. The first-order valence-electron chi connectivity index (χ1n) is 8.76. The molecule has 0 heterocycles. The van der Waals surface area contributed by atoms with Gasteiger partial charge in [0.05, 0.1) is 11.5 Å². The molecule has 0 radical (unpaired) electrons. The van der Waals surface area contributed by atoms with Crippen LogP contribution >= 0.6 is 0 Å². The van der Waals surface area contributed by atoms with E-state index in [1.807, 2.05) is 27.7 Å². The first-order chi connectivity index (χ1) is 9.79. The Morgan fingerprint density at radius 2 is 1.57 bits per heavy atom. The molecule has 126 valence electrons. The van der Waals surface area contributed by atoms with Crippen molar-refractivity contribution in [2.24, 2.45) is 11.1 Å². The summed E-state index contributed by atoms with van der Waals surface area (Å²) < 4.78 is 5.31. The van der Waals surface area contributed by atoms with E-state index in [9.17, 15) is 4.79 Å². The van der Waals surface area contributed by atoms with Gasteiger partial charge in [0.15, 0.2) is 0 Å². The highest BCUT2D eigenvalue weighted by atomic mass is 16.5. The van der Waals surface area contributed by atoms with E-state index in [1.54, 1.807) is 0 Å². The SMILES string of the molecule is CCC(N)CCCCCCCCC(C)(C)C(=O)OC(C)C. The molecule has 3 heteroatoms. The Morgan fingerprint density at radius 1 is 1.05 bits per heavy atom. The molecule has 0 aliphatic heterocycles. The predicted molar refractivity (Wildman–Crippen MR) is 90.2 cm³/mol. The van der Waals surface area contributed by atoms with E-state index >= 15 is 0 Å². The summed E-state index contributed by atoms with van der Waals surface area (Å²) in [4.78, 5) is 11.9. The molecule has 1 atom stereocenters. The highest BCUT2D eigenvalue weighted by Gasteiger charge is 2.29. The third-order valence-electron chi connectivity index (χ3n) is 4.05. The Balaban J connectivity index is 3.59. The Bertz CT molecular complexity index is 274. The van der Waals surface area contributed by atoms with Crippen LogP contribution in [-0.4, -0.2) is 18.1 Å². The number of rotatable bonds is 12. The van der Waals surface area contributed by atoms with Gasteiger partial charge in [0, 0.05) is 6.04 Å². The molecule has 1 unspecified atom stereocenters. The smallest absolute Gasteiger partial charge is 0.311 e. The zero-order valence-electron chi connectivity index (χ0n) is 14.9. The Hall–Kier alpha value is -0.570. The van der Waals surface area contributed by atoms with Crippen LogP contribution in [0.4, 0.5) is 0 Å². The molecular weight excluding hydrogens is 262 g/mol. The fourth-order valence-electron chi connectivity index (χ4n) is 2.36. The van der Waals surface area contributed by atoms with Crippen LogP contribution < -0.4 is 5.73 Å². The largest absolute Gasteiger partial charge is 0.463 e. The van der Waals surface area contributed by atoms with Gasteiger partial charge in [-0.05, 0) is 47.0 Å². The van der Waals surface area contributed by atoms with Crippen molar-refractivity contribution in [3.05, 3.63) is 0 Å².